The van der Waals surface area contributed by atoms with E-state index < -0.39 is 16.2 Å². The molecule has 0 radical (unpaired) electrons. The number of aryl methyl sites for hydroxylation is 1. The van der Waals surface area contributed by atoms with Gasteiger partial charge in [0, 0.05) is 12.1 Å². The molecule has 0 heterocycles. The maximum atomic E-state index is 10.8. The molecule has 0 saturated heterocycles. The summed E-state index contributed by atoms with van der Waals surface area (Å²) in [5.41, 5.74) is 6.51. The predicted octanol–water partition coefficient (Wildman–Crippen LogP) is 1.54. The Morgan fingerprint density at radius 3 is 2.75 bits per heavy atom. The van der Waals surface area contributed by atoms with Crippen LogP contribution in [0.4, 0.5) is 5.69 Å². The fraction of sp³-hybridized carbons (Fsp3) is 0.300. The smallest absolute Gasteiger partial charge is 0.269 e. The van der Waals surface area contributed by atoms with Crippen LogP contribution in [0.3, 0.4) is 0 Å². The number of primary amides is 1. The summed E-state index contributed by atoms with van der Waals surface area (Å²) in [6, 6.07) is 4.44. The molecule has 0 spiro atoms. The molecule has 1 amide bonds. The topological polar surface area (TPSA) is 86.2 Å². The third-order valence-corrected chi connectivity index (χ3v) is 2.62. The van der Waals surface area contributed by atoms with E-state index in [1.165, 1.54) is 12.1 Å². The molecule has 0 fully saturated rings. The van der Waals surface area contributed by atoms with Crippen LogP contribution >= 0.6 is 11.6 Å². The van der Waals surface area contributed by atoms with E-state index in [0.29, 0.717) is 5.56 Å². The summed E-state index contributed by atoms with van der Waals surface area (Å²) in [5, 5.41) is 9.72. The Kier molecular flexibility index (Phi) is 3.84. The van der Waals surface area contributed by atoms with Crippen molar-refractivity contribution >= 4 is 23.2 Å². The Bertz CT molecular complexity index is 434. The van der Waals surface area contributed by atoms with Gasteiger partial charge in [0.05, 0.1) is 4.92 Å². The number of nitrogens with two attached hydrogens (primary N) is 1. The molecule has 86 valence electrons. The molecule has 16 heavy (non-hydrogen) atoms. The van der Waals surface area contributed by atoms with Gasteiger partial charge in [0.2, 0.25) is 5.91 Å². The first-order valence-corrected chi connectivity index (χ1v) is 5.02. The summed E-state index contributed by atoms with van der Waals surface area (Å²) in [5.74, 6) is -0.632. The van der Waals surface area contributed by atoms with Gasteiger partial charge in [-0.1, -0.05) is 6.07 Å². The highest BCUT2D eigenvalue weighted by atomic mass is 35.5. The van der Waals surface area contributed by atoms with Gasteiger partial charge >= 0.3 is 0 Å². The maximum absolute atomic E-state index is 10.8. The number of carbonyl (C=O) groups excluding carboxylic acids is 1. The largest absolute Gasteiger partial charge is 0.368 e. The Labute approximate surface area is 97.3 Å². The molecular weight excluding hydrogens is 232 g/mol. The average Bonchev–Trinajstić information content (AvgIpc) is 2.20. The Hall–Kier alpha value is -1.62. The fourth-order valence-corrected chi connectivity index (χ4v) is 1.45. The van der Waals surface area contributed by atoms with Crippen molar-refractivity contribution in [2.45, 2.75) is 18.7 Å². The van der Waals surface area contributed by atoms with Gasteiger partial charge in [0.25, 0.3) is 5.69 Å². The van der Waals surface area contributed by atoms with Crippen LogP contribution in [0.15, 0.2) is 18.2 Å². The van der Waals surface area contributed by atoms with E-state index in [9.17, 15) is 14.9 Å². The molecule has 0 aliphatic rings. The number of non-ortho nitro benzene ring substituents is 1. The molecule has 1 unspecified atom stereocenters. The van der Waals surface area contributed by atoms with E-state index in [2.05, 4.69) is 0 Å². The molecule has 2 N–H and O–H groups in total. The number of halogens is 1. The normalized spacial score (nSPS) is 12.1. The number of hydrogen-bond acceptors (Lipinski definition) is 3. The van der Waals surface area contributed by atoms with Gasteiger partial charge in [-0.05, 0) is 24.5 Å². The van der Waals surface area contributed by atoms with Crippen molar-refractivity contribution in [3.05, 3.63) is 39.4 Å². The number of nitro groups is 1. The number of hydrogen-bond donors (Lipinski definition) is 1. The second-order valence-corrected chi connectivity index (χ2v) is 3.97. The summed E-state index contributed by atoms with van der Waals surface area (Å²) in [7, 11) is 0. The molecule has 1 aromatic rings. The Balaban J connectivity index is 2.98. The number of amides is 1. The van der Waals surface area contributed by atoms with Gasteiger partial charge < -0.3 is 5.73 Å². The summed E-state index contributed by atoms with van der Waals surface area (Å²) >= 11 is 5.71. The first kappa shape index (κ1) is 12.4. The lowest BCUT2D eigenvalue weighted by Gasteiger charge is -2.08. The molecule has 5 nitrogen and oxygen atoms in total. The Morgan fingerprint density at radius 1 is 1.62 bits per heavy atom. The van der Waals surface area contributed by atoms with Crippen molar-refractivity contribution in [1.29, 1.82) is 0 Å². The molecule has 0 aromatic heterocycles. The highest BCUT2D eigenvalue weighted by Crippen LogP contribution is 2.19. The number of nitrogens with zero attached hydrogens (tertiary/aromatic N) is 1. The van der Waals surface area contributed by atoms with Gasteiger partial charge in [-0.15, -0.1) is 11.6 Å². The van der Waals surface area contributed by atoms with E-state index in [1.807, 2.05) is 0 Å². The van der Waals surface area contributed by atoms with Crippen molar-refractivity contribution in [1.82, 2.24) is 0 Å². The van der Waals surface area contributed by atoms with Crippen LogP contribution in [0.25, 0.3) is 0 Å². The van der Waals surface area contributed by atoms with Crippen molar-refractivity contribution in [3.8, 4) is 0 Å². The molecule has 0 saturated carbocycles. The van der Waals surface area contributed by atoms with E-state index in [4.69, 9.17) is 17.3 Å². The molecule has 0 bridgehead atoms. The lowest BCUT2D eigenvalue weighted by Crippen LogP contribution is -2.25. The average molecular weight is 243 g/mol. The van der Waals surface area contributed by atoms with Crippen LogP contribution in [0.2, 0.25) is 0 Å². The van der Waals surface area contributed by atoms with Crippen molar-refractivity contribution in [3.63, 3.8) is 0 Å². The van der Waals surface area contributed by atoms with Crippen LogP contribution in [-0.2, 0) is 11.2 Å². The minimum absolute atomic E-state index is 0.0195. The number of rotatable bonds is 4. The third kappa shape index (κ3) is 2.93. The molecule has 1 rings (SSSR count). The zero-order chi connectivity index (χ0) is 12.3. The molecule has 0 aliphatic heterocycles. The highest BCUT2D eigenvalue weighted by Gasteiger charge is 2.16. The molecular formula is C10H11ClN2O3. The molecule has 6 heteroatoms. The van der Waals surface area contributed by atoms with E-state index in [0.717, 1.165) is 5.56 Å². The van der Waals surface area contributed by atoms with E-state index in [-0.39, 0.29) is 12.1 Å². The van der Waals surface area contributed by atoms with Crippen LogP contribution in [0.5, 0.6) is 0 Å². The first-order chi connectivity index (χ1) is 7.41. The number of benzene rings is 1. The standard InChI is InChI=1S/C10H11ClN2O3/c1-6-2-3-8(13(15)16)4-7(6)5-9(11)10(12)14/h2-4,9H,5H2,1H3,(H2,12,14). The Morgan fingerprint density at radius 2 is 2.25 bits per heavy atom. The SMILES string of the molecule is Cc1ccc([N+](=O)[O-])cc1CC(Cl)C(N)=O. The first-order valence-electron chi connectivity index (χ1n) is 4.59. The van der Waals surface area contributed by atoms with Crippen LogP contribution < -0.4 is 5.73 Å². The summed E-state index contributed by atoms with van der Waals surface area (Å²) < 4.78 is 0. The fourth-order valence-electron chi connectivity index (χ4n) is 1.29. The van der Waals surface area contributed by atoms with Gasteiger partial charge in [0.1, 0.15) is 5.38 Å². The summed E-state index contributed by atoms with van der Waals surface area (Å²) in [6.45, 7) is 1.80. The van der Waals surface area contributed by atoms with Crippen LogP contribution in [0, 0.1) is 17.0 Å². The van der Waals surface area contributed by atoms with Crippen molar-refractivity contribution in [2.75, 3.05) is 0 Å². The summed E-state index contributed by atoms with van der Waals surface area (Å²) in [6.07, 6.45) is 0.199. The second-order valence-electron chi connectivity index (χ2n) is 3.44. The lowest BCUT2D eigenvalue weighted by molar-refractivity contribution is -0.384. The lowest BCUT2D eigenvalue weighted by atomic mass is 10.0. The molecule has 0 aliphatic carbocycles. The van der Waals surface area contributed by atoms with Gasteiger partial charge in [-0.2, -0.15) is 0 Å². The zero-order valence-electron chi connectivity index (χ0n) is 8.64. The van der Waals surface area contributed by atoms with Crippen molar-refractivity contribution < 1.29 is 9.72 Å². The van der Waals surface area contributed by atoms with E-state index >= 15 is 0 Å². The number of carbonyl (C=O) groups is 1. The minimum atomic E-state index is -0.847. The van der Waals surface area contributed by atoms with Crippen molar-refractivity contribution in [2.24, 2.45) is 5.73 Å². The van der Waals surface area contributed by atoms with Crippen LogP contribution in [0.1, 0.15) is 11.1 Å². The number of alkyl halides is 1. The highest BCUT2D eigenvalue weighted by molar-refractivity contribution is 6.30. The predicted molar refractivity (Wildman–Crippen MR) is 60.4 cm³/mol. The number of nitro benzene ring substituents is 1. The quantitative estimate of drug-likeness (QED) is 0.494. The maximum Gasteiger partial charge on any atom is 0.269 e. The minimum Gasteiger partial charge on any atom is -0.368 e. The third-order valence-electron chi connectivity index (χ3n) is 2.25. The van der Waals surface area contributed by atoms with Gasteiger partial charge in [-0.3, -0.25) is 14.9 Å². The van der Waals surface area contributed by atoms with Gasteiger partial charge in [-0.25, -0.2) is 0 Å². The van der Waals surface area contributed by atoms with Gasteiger partial charge in [0.15, 0.2) is 0 Å². The zero-order valence-corrected chi connectivity index (χ0v) is 9.40. The molecule has 1 aromatic carbocycles. The second kappa shape index (κ2) is 4.94. The monoisotopic (exact) mass is 242 g/mol. The molecule has 1 atom stereocenters. The summed E-state index contributed by atoms with van der Waals surface area (Å²) in [4.78, 5) is 20.9. The van der Waals surface area contributed by atoms with Crippen LogP contribution in [-0.4, -0.2) is 16.2 Å². The van der Waals surface area contributed by atoms with E-state index in [1.54, 1.807) is 13.0 Å².